The third-order valence-corrected chi connectivity index (χ3v) is 3.01. The molecule has 0 aliphatic heterocycles. The molecule has 0 aliphatic rings. The third kappa shape index (κ3) is 4.47. The molecular formula is C17H19N3O2. The lowest BCUT2D eigenvalue weighted by molar-refractivity contribution is 0.191. The molecule has 0 aliphatic carbocycles. The van der Waals surface area contributed by atoms with Crippen molar-refractivity contribution < 1.29 is 9.84 Å². The van der Waals surface area contributed by atoms with Crippen LogP contribution < -0.4 is 10.1 Å². The molecular weight excluding hydrogens is 278 g/mol. The first-order valence-electron chi connectivity index (χ1n) is 7.13. The number of rotatable bonds is 6. The zero-order valence-electron chi connectivity index (χ0n) is 12.7. The second-order valence-electron chi connectivity index (χ2n) is 5.18. The minimum atomic E-state index is -0.635. The van der Waals surface area contributed by atoms with E-state index in [1.165, 1.54) is 0 Å². The molecule has 0 unspecified atom stereocenters. The van der Waals surface area contributed by atoms with Gasteiger partial charge < -0.3 is 15.2 Å². The summed E-state index contributed by atoms with van der Waals surface area (Å²) in [5, 5.41) is 22.0. The van der Waals surface area contributed by atoms with E-state index >= 15 is 0 Å². The van der Waals surface area contributed by atoms with Crippen LogP contribution in [-0.4, -0.2) is 22.7 Å². The second-order valence-corrected chi connectivity index (χ2v) is 5.18. The Kier molecular flexibility index (Phi) is 5.34. The fourth-order valence-electron chi connectivity index (χ4n) is 1.94. The Morgan fingerprint density at radius 3 is 2.50 bits per heavy atom. The Labute approximate surface area is 130 Å². The van der Waals surface area contributed by atoms with Gasteiger partial charge in [0.05, 0.1) is 24.1 Å². The number of hydrogen-bond donors (Lipinski definition) is 2. The molecule has 1 atom stereocenters. The average molecular weight is 297 g/mol. The summed E-state index contributed by atoms with van der Waals surface area (Å²) in [6.07, 6.45) is 1.07. The van der Waals surface area contributed by atoms with E-state index in [9.17, 15) is 5.11 Å². The molecule has 2 N–H and O–H groups in total. The summed E-state index contributed by atoms with van der Waals surface area (Å²) in [7, 11) is 0. The van der Waals surface area contributed by atoms with E-state index in [4.69, 9.17) is 10.00 Å². The van der Waals surface area contributed by atoms with Gasteiger partial charge in [-0.25, -0.2) is 4.98 Å². The number of aliphatic hydroxyl groups excluding tert-OH is 1. The molecule has 2 aromatic rings. The normalized spacial score (nSPS) is 11.8. The molecule has 2 rings (SSSR count). The first-order valence-corrected chi connectivity index (χ1v) is 7.13. The highest BCUT2D eigenvalue weighted by molar-refractivity contribution is 5.43. The monoisotopic (exact) mass is 297 g/mol. The molecule has 0 amide bonds. The van der Waals surface area contributed by atoms with Crippen LogP contribution in [-0.2, 0) is 0 Å². The lowest BCUT2D eigenvalue weighted by Gasteiger charge is -2.14. The number of hydrogen-bond acceptors (Lipinski definition) is 5. The zero-order valence-corrected chi connectivity index (χ0v) is 12.7. The highest BCUT2D eigenvalue weighted by Crippen LogP contribution is 2.19. The Morgan fingerprint density at radius 1 is 1.23 bits per heavy atom. The highest BCUT2D eigenvalue weighted by atomic mass is 16.5. The van der Waals surface area contributed by atoms with Gasteiger partial charge in [-0.1, -0.05) is 12.1 Å². The predicted octanol–water partition coefficient (Wildman–Crippen LogP) is 2.89. The van der Waals surface area contributed by atoms with Crippen LogP contribution in [0, 0.1) is 11.3 Å². The van der Waals surface area contributed by atoms with Crippen molar-refractivity contribution in [2.75, 3.05) is 11.9 Å². The van der Waals surface area contributed by atoms with Crippen molar-refractivity contribution in [1.82, 2.24) is 4.98 Å². The molecule has 0 fully saturated rings. The van der Waals surface area contributed by atoms with Crippen LogP contribution in [0.3, 0.4) is 0 Å². The Morgan fingerprint density at radius 2 is 1.95 bits per heavy atom. The number of aliphatic hydroxyl groups is 1. The Bertz CT molecular complexity index is 630. The number of anilines is 1. The van der Waals surface area contributed by atoms with E-state index in [1.807, 2.05) is 44.2 Å². The maximum Gasteiger partial charge on any atom is 0.140 e. The summed E-state index contributed by atoms with van der Waals surface area (Å²) >= 11 is 0. The van der Waals surface area contributed by atoms with Gasteiger partial charge >= 0.3 is 0 Å². The summed E-state index contributed by atoms with van der Waals surface area (Å²) in [4.78, 5) is 3.97. The van der Waals surface area contributed by atoms with Gasteiger partial charge in [0.2, 0.25) is 0 Å². The van der Waals surface area contributed by atoms with Gasteiger partial charge in [0.1, 0.15) is 17.5 Å². The van der Waals surface area contributed by atoms with Crippen molar-refractivity contribution in [1.29, 1.82) is 5.26 Å². The van der Waals surface area contributed by atoms with Gasteiger partial charge in [0.25, 0.3) is 0 Å². The zero-order chi connectivity index (χ0) is 15.9. The molecule has 0 saturated heterocycles. The summed E-state index contributed by atoms with van der Waals surface area (Å²) < 4.78 is 5.57. The first-order chi connectivity index (χ1) is 10.6. The maximum absolute atomic E-state index is 10.2. The lowest BCUT2D eigenvalue weighted by Crippen LogP contribution is -2.12. The van der Waals surface area contributed by atoms with Crippen molar-refractivity contribution in [3.63, 3.8) is 0 Å². The molecule has 0 saturated carbocycles. The van der Waals surface area contributed by atoms with Gasteiger partial charge in [-0.2, -0.15) is 5.26 Å². The van der Waals surface area contributed by atoms with Crippen molar-refractivity contribution in [3.8, 4) is 11.8 Å². The summed E-state index contributed by atoms with van der Waals surface area (Å²) in [5.74, 6) is 0.787. The van der Waals surface area contributed by atoms with Crippen LogP contribution in [0.4, 0.5) is 5.69 Å². The average Bonchev–Trinajstić information content (AvgIpc) is 2.53. The summed E-state index contributed by atoms with van der Waals surface area (Å²) in [6.45, 7) is 4.30. The van der Waals surface area contributed by atoms with Crippen LogP contribution in [0.15, 0.2) is 42.6 Å². The van der Waals surface area contributed by atoms with Crippen LogP contribution in [0.25, 0.3) is 0 Å². The molecule has 1 aromatic heterocycles. The molecule has 22 heavy (non-hydrogen) atoms. The summed E-state index contributed by atoms with van der Waals surface area (Å²) in [5.41, 5.74) is 1.94. The molecule has 0 spiro atoms. The van der Waals surface area contributed by atoms with Gasteiger partial charge in [-0.3, -0.25) is 0 Å². The SMILES string of the molecule is CC(C)Oc1ccc([C@H](O)CNc2ccc(C#N)nc2)cc1. The van der Waals surface area contributed by atoms with Gasteiger partial charge in [0, 0.05) is 6.54 Å². The molecule has 0 radical (unpaired) electrons. The van der Waals surface area contributed by atoms with E-state index in [2.05, 4.69) is 10.3 Å². The van der Waals surface area contributed by atoms with Crippen LogP contribution in [0.1, 0.15) is 31.2 Å². The van der Waals surface area contributed by atoms with Crippen molar-refractivity contribution in [2.45, 2.75) is 26.1 Å². The van der Waals surface area contributed by atoms with Crippen LogP contribution in [0.2, 0.25) is 0 Å². The largest absolute Gasteiger partial charge is 0.491 e. The van der Waals surface area contributed by atoms with E-state index in [1.54, 1.807) is 18.3 Å². The van der Waals surface area contributed by atoms with Crippen molar-refractivity contribution >= 4 is 5.69 Å². The predicted molar refractivity (Wildman–Crippen MR) is 84.6 cm³/mol. The van der Waals surface area contributed by atoms with Gasteiger partial charge in [-0.05, 0) is 43.7 Å². The topological polar surface area (TPSA) is 78.2 Å². The molecule has 5 heteroatoms. The van der Waals surface area contributed by atoms with E-state index in [-0.39, 0.29) is 6.10 Å². The summed E-state index contributed by atoms with van der Waals surface area (Å²) in [6, 6.07) is 12.8. The Balaban J connectivity index is 1.91. The van der Waals surface area contributed by atoms with Gasteiger partial charge in [0.15, 0.2) is 0 Å². The van der Waals surface area contributed by atoms with E-state index in [0.29, 0.717) is 12.2 Å². The molecule has 1 heterocycles. The van der Waals surface area contributed by atoms with E-state index < -0.39 is 6.10 Å². The molecule has 0 bridgehead atoms. The fraction of sp³-hybridized carbons (Fsp3) is 0.294. The van der Waals surface area contributed by atoms with Crippen LogP contribution in [0.5, 0.6) is 5.75 Å². The van der Waals surface area contributed by atoms with Crippen LogP contribution >= 0.6 is 0 Å². The molecule has 114 valence electrons. The van der Waals surface area contributed by atoms with E-state index in [0.717, 1.165) is 17.0 Å². The number of nitrogens with zero attached hydrogens (tertiary/aromatic N) is 2. The smallest absolute Gasteiger partial charge is 0.140 e. The number of nitrogens with one attached hydrogen (secondary N) is 1. The second kappa shape index (κ2) is 7.43. The number of aromatic nitrogens is 1. The number of ether oxygens (including phenoxy) is 1. The lowest BCUT2D eigenvalue weighted by atomic mass is 10.1. The number of benzene rings is 1. The molecule has 1 aromatic carbocycles. The quantitative estimate of drug-likeness (QED) is 0.857. The maximum atomic E-state index is 10.2. The standard InChI is InChI=1S/C17H19N3O2/c1-12(2)22-16-7-3-13(4-8-16)17(21)11-20-15-6-5-14(9-18)19-10-15/h3-8,10,12,17,20-21H,11H2,1-2H3/t17-/m1/s1. The first kappa shape index (κ1) is 15.8. The third-order valence-electron chi connectivity index (χ3n) is 3.01. The minimum absolute atomic E-state index is 0.126. The fourth-order valence-corrected chi connectivity index (χ4v) is 1.94. The van der Waals surface area contributed by atoms with Gasteiger partial charge in [-0.15, -0.1) is 0 Å². The molecule has 5 nitrogen and oxygen atoms in total. The highest BCUT2D eigenvalue weighted by Gasteiger charge is 2.08. The van der Waals surface area contributed by atoms with Crippen molar-refractivity contribution in [3.05, 3.63) is 53.9 Å². The Hall–Kier alpha value is -2.58. The minimum Gasteiger partial charge on any atom is -0.491 e. The number of nitriles is 1. The number of pyridine rings is 1. The van der Waals surface area contributed by atoms with Crippen molar-refractivity contribution in [2.24, 2.45) is 0 Å².